The molecule has 2 N–H and O–H groups in total. The maximum Gasteiger partial charge on any atom is 0.315 e. The van der Waals surface area contributed by atoms with Crippen molar-refractivity contribution in [1.29, 1.82) is 0 Å². The smallest absolute Gasteiger partial charge is 0.315 e. The maximum absolute atomic E-state index is 12.4. The van der Waals surface area contributed by atoms with E-state index in [-0.39, 0.29) is 17.5 Å². The van der Waals surface area contributed by atoms with Gasteiger partial charge in [-0.25, -0.2) is 4.79 Å². The van der Waals surface area contributed by atoms with Crippen molar-refractivity contribution in [3.05, 3.63) is 0 Å². The first kappa shape index (κ1) is 18.1. The highest BCUT2D eigenvalue weighted by molar-refractivity contribution is 5.78. The first-order valence-corrected chi connectivity index (χ1v) is 10.9. The summed E-state index contributed by atoms with van der Waals surface area (Å²) in [5, 5.41) is 6.28. The Morgan fingerprint density at radius 1 is 1.04 bits per heavy atom. The average molecular weight is 362 g/mol. The van der Waals surface area contributed by atoms with Crippen molar-refractivity contribution in [2.45, 2.75) is 76.7 Å². The van der Waals surface area contributed by atoms with E-state index in [0.29, 0.717) is 13.0 Å². The van der Waals surface area contributed by atoms with Gasteiger partial charge in [-0.15, -0.1) is 0 Å². The molecule has 5 saturated carbocycles. The molecule has 0 radical (unpaired) electrons. The Morgan fingerprint density at radius 3 is 2.19 bits per heavy atom. The van der Waals surface area contributed by atoms with Crippen LogP contribution >= 0.6 is 0 Å². The minimum atomic E-state index is -0.0658. The first-order chi connectivity index (χ1) is 12.5. The Hall–Kier alpha value is -1.26. The number of carbonyl (C=O) groups is 2. The van der Waals surface area contributed by atoms with Gasteiger partial charge in [0.05, 0.1) is 0 Å². The van der Waals surface area contributed by atoms with E-state index in [2.05, 4.69) is 17.6 Å². The monoisotopic (exact) mass is 361 g/mol. The van der Waals surface area contributed by atoms with Crippen LogP contribution in [0.1, 0.15) is 71.1 Å². The van der Waals surface area contributed by atoms with Crippen LogP contribution in [-0.2, 0) is 4.79 Å². The average Bonchev–Trinajstić information content (AvgIpc) is 3.36. The first-order valence-electron chi connectivity index (χ1n) is 10.9. The molecule has 0 unspecified atom stereocenters. The molecule has 146 valence electrons. The molecule has 0 aliphatic heterocycles. The lowest BCUT2D eigenvalue weighted by atomic mass is 9.53. The van der Waals surface area contributed by atoms with Crippen LogP contribution in [0.3, 0.4) is 0 Å². The Bertz CT molecular complexity index is 508. The zero-order chi connectivity index (χ0) is 18.1. The van der Waals surface area contributed by atoms with Crippen molar-refractivity contribution in [3.8, 4) is 0 Å². The van der Waals surface area contributed by atoms with Gasteiger partial charge in [-0.05, 0) is 81.5 Å². The summed E-state index contributed by atoms with van der Waals surface area (Å²) in [4.78, 5) is 26.9. The molecule has 26 heavy (non-hydrogen) atoms. The van der Waals surface area contributed by atoms with Crippen LogP contribution in [0.5, 0.6) is 0 Å². The molecule has 0 aromatic carbocycles. The van der Waals surface area contributed by atoms with Crippen molar-refractivity contribution in [1.82, 2.24) is 15.5 Å². The number of urea groups is 1. The molecule has 4 bridgehead atoms. The molecule has 0 spiro atoms. The van der Waals surface area contributed by atoms with Gasteiger partial charge < -0.3 is 15.5 Å². The SMILES string of the molecule is CCCN(CC1CC1)C(=O)CCNC(=O)NC12CC3CC(CC(C3)C1)C2. The molecule has 3 amide bonds. The predicted molar refractivity (Wildman–Crippen MR) is 102 cm³/mol. The fourth-order valence-corrected chi connectivity index (χ4v) is 6.19. The lowest BCUT2D eigenvalue weighted by Gasteiger charge is -2.56. The van der Waals surface area contributed by atoms with E-state index in [1.165, 1.54) is 32.1 Å². The van der Waals surface area contributed by atoms with Crippen LogP contribution in [0.25, 0.3) is 0 Å². The quantitative estimate of drug-likeness (QED) is 0.697. The molecule has 5 aliphatic carbocycles. The number of nitrogens with zero attached hydrogens (tertiary/aromatic N) is 1. The van der Waals surface area contributed by atoms with Gasteiger partial charge in [-0.1, -0.05) is 6.92 Å². The fraction of sp³-hybridized carbons (Fsp3) is 0.905. The van der Waals surface area contributed by atoms with Crippen molar-refractivity contribution in [3.63, 3.8) is 0 Å². The van der Waals surface area contributed by atoms with E-state index in [1.54, 1.807) is 0 Å². The van der Waals surface area contributed by atoms with E-state index in [1.807, 2.05) is 4.90 Å². The summed E-state index contributed by atoms with van der Waals surface area (Å²) in [5.74, 6) is 3.39. The van der Waals surface area contributed by atoms with Crippen LogP contribution < -0.4 is 10.6 Å². The van der Waals surface area contributed by atoms with Gasteiger partial charge in [0.2, 0.25) is 5.91 Å². The molecule has 0 heterocycles. The number of hydrogen-bond acceptors (Lipinski definition) is 2. The summed E-state index contributed by atoms with van der Waals surface area (Å²) in [6.45, 7) is 4.31. The van der Waals surface area contributed by atoms with Gasteiger partial charge in [0, 0.05) is 31.6 Å². The summed E-state index contributed by atoms with van der Waals surface area (Å²) in [6.07, 6.45) is 11.6. The summed E-state index contributed by atoms with van der Waals surface area (Å²) < 4.78 is 0. The van der Waals surface area contributed by atoms with E-state index in [9.17, 15) is 9.59 Å². The second kappa shape index (κ2) is 7.40. The summed E-state index contributed by atoms with van der Waals surface area (Å²) in [6, 6.07) is -0.0658. The second-order valence-corrected chi connectivity index (χ2v) is 9.61. The Labute approximate surface area is 157 Å². The molecule has 5 nitrogen and oxygen atoms in total. The minimum Gasteiger partial charge on any atom is -0.342 e. The highest BCUT2D eigenvalue weighted by atomic mass is 16.2. The normalized spacial score (nSPS) is 34.6. The van der Waals surface area contributed by atoms with Crippen molar-refractivity contribution >= 4 is 11.9 Å². The van der Waals surface area contributed by atoms with Gasteiger partial charge in [-0.3, -0.25) is 4.79 Å². The van der Waals surface area contributed by atoms with Gasteiger partial charge >= 0.3 is 6.03 Å². The van der Waals surface area contributed by atoms with E-state index in [4.69, 9.17) is 0 Å². The summed E-state index contributed by atoms with van der Waals surface area (Å²) >= 11 is 0. The zero-order valence-corrected chi connectivity index (χ0v) is 16.3. The van der Waals surface area contributed by atoms with E-state index >= 15 is 0 Å². The van der Waals surface area contributed by atoms with Crippen LogP contribution in [0.15, 0.2) is 0 Å². The number of carbonyl (C=O) groups excluding carboxylic acids is 2. The third-order valence-corrected chi connectivity index (χ3v) is 7.06. The molecule has 0 aromatic heterocycles. The van der Waals surface area contributed by atoms with Crippen molar-refractivity contribution in [2.24, 2.45) is 23.7 Å². The molecule has 5 rings (SSSR count). The van der Waals surface area contributed by atoms with Crippen LogP contribution in [-0.4, -0.2) is 42.0 Å². The fourth-order valence-electron chi connectivity index (χ4n) is 6.19. The molecule has 0 saturated heterocycles. The summed E-state index contributed by atoms with van der Waals surface area (Å²) in [7, 11) is 0. The molecule has 0 aromatic rings. The highest BCUT2D eigenvalue weighted by Crippen LogP contribution is 2.55. The lowest BCUT2D eigenvalue weighted by molar-refractivity contribution is -0.131. The number of hydrogen-bond donors (Lipinski definition) is 2. The zero-order valence-electron chi connectivity index (χ0n) is 16.3. The Morgan fingerprint density at radius 2 is 1.65 bits per heavy atom. The molecular formula is C21H35N3O2. The Balaban J connectivity index is 1.21. The molecule has 5 heteroatoms. The van der Waals surface area contributed by atoms with Gasteiger partial charge in [0.25, 0.3) is 0 Å². The van der Waals surface area contributed by atoms with Crippen molar-refractivity contribution < 1.29 is 9.59 Å². The van der Waals surface area contributed by atoms with Gasteiger partial charge in [0.1, 0.15) is 0 Å². The minimum absolute atomic E-state index is 0.0447. The second-order valence-electron chi connectivity index (χ2n) is 9.61. The largest absolute Gasteiger partial charge is 0.342 e. The van der Waals surface area contributed by atoms with E-state index in [0.717, 1.165) is 62.4 Å². The molecule has 5 fully saturated rings. The number of amides is 3. The lowest BCUT2D eigenvalue weighted by Crippen LogP contribution is -2.61. The third kappa shape index (κ3) is 4.17. The molecular weight excluding hydrogens is 326 g/mol. The standard InChI is InChI=1S/C21H35N3O2/c1-2-7-24(14-15-3-4-15)19(25)5-6-22-20(26)23-21-11-16-8-17(12-21)10-18(9-16)13-21/h15-18H,2-14H2,1H3,(H2,22,23,26). The van der Waals surface area contributed by atoms with Gasteiger partial charge in [-0.2, -0.15) is 0 Å². The number of rotatable bonds is 8. The maximum atomic E-state index is 12.4. The highest BCUT2D eigenvalue weighted by Gasteiger charge is 2.51. The topological polar surface area (TPSA) is 61.4 Å². The summed E-state index contributed by atoms with van der Waals surface area (Å²) in [5.41, 5.74) is 0.0447. The van der Waals surface area contributed by atoms with Crippen LogP contribution in [0.2, 0.25) is 0 Å². The number of nitrogens with one attached hydrogen (secondary N) is 2. The van der Waals surface area contributed by atoms with Gasteiger partial charge in [0.15, 0.2) is 0 Å². The third-order valence-electron chi connectivity index (χ3n) is 7.06. The van der Waals surface area contributed by atoms with E-state index < -0.39 is 0 Å². The predicted octanol–water partition coefficient (Wildman–Crippen LogP) is 3.29. The van der Waals surface area contributed by atoms with Crippen molar-refractivity contribution in [2.75, 3.05) is 19.6 Å². The molecule has 0 atom stereocenters. The molecule has 5 aliphatic rings. The van der Waals surface area contributed by atoms with Crippen LogP contribution in [0, 0.1) is 23.7 Å². The van der Waals surface area contributed by atoms with Crippen LogP contribution in [0.4, 0.5) is 4.79 Å². The Kier molecular flexibility index (Phi) is 5.15.